The quantitative estimate of drug-likeness (QED) is 0.336. The van der Waals surface area contributed by atoms with Crippen molar-refractivity contribution in [3.05, 3.63) is 113 Å². The maximum Gasteiger partial charge on any atom is 0.322 e. The van der Waals surface area contributed by atoms with Crippen LogP contribution in [0.5, 0.6) is 0 Å². The van der Waals surface area contributed by atoms with E-state index >= 15 is 0 Å². The third kappa shape index (κ3) is 4.36. The molecule has 0 bridgehead atoms. The van der Waals surface area contributed by atoms with E-state index in [-0.39, 0.29) is 30.6 Å². The summed E-state index contributed by atoms with van der Waals surface area (Å²) >= 11 is 0. The van der Waals surface area contributed by atoms with Gasteiger partial charge in [0.15, 0.2) is 0 Å². The molecule has 1 saturated carbocycles. The Balaban J connectivity index is 1.35. The Morgan fingerprint density at radius 1 is 0.868 bits per heavy atom. The third-order valence-electron chi connectivity index (χ3n) is 7.56. The number of amides is 3. The van der Waals surface area contributed by atoms with Crippen molar-refractivity contribution >= 4 is 23.3 Å². The molecule has 1 fully saturated rings. The van der Waals surface area contributed by atoms with E-state index in [1.54, 1.807) is 4.90 Å². The average Bonchev–Trinajstić information content (AvgIpc) is 3.63. The second-order valence-electron chi connectivity index (χ2n) is 10.5. The molecule has 1 unspecified atom stereocenters. The van der Waals surface area contributed by atoms with Crippen molar-refractivity contribution in [3.8, 4) is 5.69 Å². The second-order valence-corrected chi connectivity index (χ2v) is 10.5. The van der Waals surface area contributed by atoms with E-state index < -0.39 is 0 Å². The molecular formula is C32H32N4O2. The topological polar surface area (TPSA) is 57.6 Å². The molecule has 1 atom stereocenters. The van der Waals surface area contributed by atoms with Gasteiger partial charge in [-0.15, -0.1) is 0 Å². The predicted octanol–water partition coefficient (Wildman–Crippen LogP) is 6.54. The number of hydrogen-bond donors (Lipinski definition) is 1. The minimum absolute atomic E-state index is 0.0127. The first kappa shape index (κ1) is 24.0. The maximum atomic E-state index is 14.2. The number of anilines is 2. The van der Waals surface area contributed by atoms with Gasteiger partial charge in [-0.05, 0) is 75.1 Å². The van der Waals surface area contributed by atoms with Gasteiger partial charge in [0.25, 0.3) is 0 Å². The van der Waals surface area contributed by atoms with E-state index in [1.807, 2.05) is 73.5 Å². The number of fused-ring (bicyclic) bond motifs is 3. The van der Waals surface area contributed by atoms with Crippen LogP contribution in [0.25, 0.3) is 5.69 Å². The molecule has 6 heteroatoms. The number of para-hydroxylation sites is 2. The summed E-state index contributed by atoms with van der Waals surface area (Å²) in [4.78, 5) is 31.3. The Morgan fingerprint density at radius 3 is 2.29 bits per heavy atom. The number of urea groups is 1. The van der Waals surface area contributed by atoms with Gasteiger partial charge in [0.05, 0.1) is 17.1 Å². The molecule has 1 aliphatic heterocycles. The highest BCUT2D eigenvalue weighted by atomic mass is 16.2. The van der Waals surface area contributed by atoms with E-state index in [0.29, 0.717) is 0 Å². The molecule has 3 aromatic carbocycles. The summed E-state index contributed by atoms with van der Waals surface area (Å²) in [7, 11) is 0. The SMILES string of the molecule is Cc1ccc(C2c3cccn3-c3ccccc3N2C(=O)CN(C(=O)Nc2ccc(C)cc2C)C2CC2)cc1. The molecule has 0 spiro atoms. The summed E-state index contributed by atoms with van der Waals surface area (Å²) in [6.07, 6.45) is 3.87. The number of aryl methyl sites for hydroxylation is 3. The average molecular weight is 505 g/mol. The lowest BCUT2D eigenvalue weighted by Gasteiger charge is -2.39. The Bertz CT molecular complexity index is 1520. The van der Waals surface area contributed by atoms with Gasteiger partial charge in [-0.1, -0.05) is 59.7 Å². The van der Waals surface area contributed by atoms with Crippen LogP contribution in [-0.4, -0.2) is 34.0 Å². The maximum absolute atomic E-state index is 14.2. The third-order valence-corrected chi connectivity index (χ3v) is 7.56. The van der Waals surface area contributed by atoms with E-state index in [4.69, 9.17) is 0 Å². The van der Waals surface area contributed by atoms with Crippen LogP contribution in [0.3, 0.4) is 0 Å². The Morgan fingerprint density at radius 2 is 1.58 bits per heavy atom. The summed E-state index contributed by atoms with van der Waals surface area (Å²) in [5.74, 6) is -0.0989. The van der Waals surface area contributed by atoms with Crippen LogP contribution >= 0.6 is 0 Å². The molecule has 1 N–H and O–H groups in total. The fourth-order valence-electron chi connectivity index (χ4n) is 5.44. The van der Waals surface area contributed by atoms with Gasteiger partial charge in [-0.3, -0.25) is 9.69 Å². The number of nitrogens with zero attached hydrogens (tertiary/aromatic N) is 3. The van der Waals surface area contributed by atoms with Gasteiger partial charge in [-0.2, -0.15) is 0 Å². The molecule has 38 heavy (non-hydrogen) atoms. The number of hydrogen-bond acceptors (Lipinski definition) is 2. The molecule has 0 radical (unpaired) electrons. The van der Waals surface area contributed by atoms with E-state index in [0.717, 1.165) is 52.3 Å². The molecule has 192 valence electrons. The number of benzene rings is 3. The molecular weight excluding hydrogens is 472 g/mol. The number of aromatic nitrogens is 1. The highest BCUT2D eigenvalue weighted by Crippen LogP contribution is 2.42. The lowest BCUT2D eigenvalue weighted by molar-refractivity contribution is -0.119. The summed E-state index contributed by atoms with van der Waals surface area (Å²) in [5, 5.41) is 3.06. The monoisotopic (exact) mass is 504 g/mol. The zero-order valence-electron chi connectivity index (χ0n) is 22.0. The van der Waals surface area contributed by atoms with Crippen molar-refractivity contribution < 1.29 is 9.59 Å². The van der Waals surface area contributed by atoms with Crippen LogP contribution in [0.4, 0.5) is 16.2 Å². The van der Waals surface area contributed by atoms with Crippen LogP contribution < -0.4 is 10.2 Å². The minimum atomic E-state index is -0.295. The lowest BCUT2D eigenvalue weighted by atomic mass is 9.97. The van der Waals surface area contributed by atoms with Crippen LogP contribution in [0, 0.1) is 20.8 Å². The second kappa shape index (κ2) is 9.53. The van der Waals surface area contributed by atoms with Gasteiger partial charge in [0, 0.05) is 17.9 Å². The Kier molecular flexibility index (Phi) is 6.03. The Labute approximate surface area is 223 Å². The summed E-state index contributed by atoms with van der Waals surface area (Å²) in [6.45, 7) is 6.10. The number of carbonyl (C=O) groups is 2. The molecule has 1 aliphatic carbocycles. The smallest absolute Gasteiger partial charge is 0.316 e. The molecule has 2 heterocycles. The standard InChI is InChI=1S/C32H32N4O2/c1-21-10-13-24(14-11-21)31-29-9-6-18-34(29)27-7-4-5-8-28(27)36(31)30(37)20-35(25-15-16-25)32(38)33-26-17-12-22(2)19-23(26)3/h4-14,17-19,25,31H,15-16,20H2,1-3H3,(H,33,38). The van der Waals surface area contributed by atoms with Crippen molar-refractivity contribution in [2.45, 2.75) is 45.7 Å². The first-order valence-corrected chi connectivity index (χ1v) is 13.2. The van der Waals surface area contributed by atoms with Crippen LogP contribution in [0.15, 0.2) is 85.1 Å². The van der Waals surface area contributed by atoms with E-state index in [9.17, 15) is 9.59 Å². The molecule has 6 rings (SSSR count). The summed E-state index contributed by atoms with van der Waals surface area (Å²) in [6, 6.07) is 26.0. The van der Waals surface area contributed by atoms with Crippen LogP contribution in [0.1, 0.15) is 46.8 Å². The number of nitrogens with one attached hydrogen (secondary N) is 1. The van der Waals surface area contributed by atoms with Gasteiger partial charge in [0.1, 0.15) is 12.6 Å². The highest BCUT2D eigenvalue weighted by Gasteiger charge is 2.40. The predicted molar refractivity (Wildman–Crippen MR) is 151 cm³/mol. The van der Waals surface area contributed by atoms with Gasteiger partial charge in [0.2, 0.25) is 5.91 Å². The molecule has 3 amide bonds. The molecule has 1 aromatic heterocycles. The zero-order chi connectivity index (χ0) is 26.4. The van der Waals surface area contributed by atoms with Crippen molar-refractivity contribution in [2.75, 3.05) is 16.8 Å². The van der Waals surface area contributed by atoms with Gasteiger partial charge in [-0.25, -0.2) is 4.79 Å². The van der Waals surface area contributed by atoms with Crippen molar-refractivity contribution in [1.29, 1.82) is 0 Å². The van der Waals surface area contributed by atoms with Crippen LogP contribution in [0.2, 0.25) is 0 Å². The van der Waals surface area contributed by atoms with Crippen LogP contribution in [-0.2, 0) is 4.79 Å². The number of carbonyl (C=O) groups excluding carboxylic acids is 2. The first-order chi connectivity index (χ1) is 18.4. The van der Waals surface area contributed by atoms with Crippen molar-refractivity contribution in [1.82, 2.24) is 9.47 Å². The normalized spacial score (nSPS) is 16.0. The molecule has 0 saturated heterocycles. The summed E-state index contributed by atoms with van der Waals surface area (Å²) in [5.41, 5.74) is 7.96. The molecule has 2 aliphatic rings. The first-order valence-electron chi connectivity index (χ1n) is 13.2. The van der Waals surface area contributed by atoms with Gasteiger partial charge >= 0.3 is 6.03 Å². The lowest BCUT2D eigenvalue weighted by Crippen LogP contribution is -2.48. The number of rotatable bonds is 5. The van der Waals surface area contributed by atoms with E-state index in [2.05, 4.69) is 47.1 Å². The Hall–Kier alpha value is -4.32. The van der Waals surface area contributed by atoms with E-state index in [1.165, 1.54) is 5.56 Å². The van der Waals surface area contributed by atoms with Crippen molar-refractivity contribution in [2.24, 2.45) is 0 Å². The largest absolute Gasteiger partial charge is 0.322 e. The molecule has 6 nitrogen and oxygen atoms in total. The fraction of sp³-hybridized carbons (Fsp3) is 0.250. The minimum Gasteiger partial charge on any atom is -0.316 e. The molecule has 4 aromatic rings. The fourth-order valence-corrected chi connectivity index (χ4v) is 5.44. The highest BCUT2D eigenvalue weighted by molar-refractivity contribution is 6.01. The summed E-state index contributed by atoms with van der Waals surface area (Å²) < 4.78 is 2.16. The zero-order valence-corrected chi connectivity index (χ0v) is 22.0. The van der Waals surface area contributed by atoms with Crippen molar-refractivity contribution in [3.63, 3.8) is 0 Å². The van der Waals surface area contributed by atoms with Gasteiger partial charge < -0.3 is 14.8 Å².